The zero-order valence-electron chi connectivity index (χ0n) is 16.2. The molecule has 1 fully saturated rings. The predicted octanol–water partition coefficient (Wildman–Crippen LogP) is 1.38. The van der Waals surface area contributed by atoms with Crippen LogP contribution in [-0.2, 0) is 19.1 Å². The molecule has 1 aliphatic heterocycles. The maximum atomic E-state index is 12.2. The van der Waals surface area contributed by atoms with Crippen LogP contribution in [0.5, 0.6) is 0 Å². The number of Topliss-reactive ketones (excluding diaryl/α,β-unsaturated/α-hetero) is 1. The summed E-state index contributed by atoms with van der Waals surface area (Å²) in [6.07, 6.45) is 1.54. The standard InChI is InChI=1S/C18H31N3O5/c1-13(22)5-6-15(23)20-14-8-11-21(12-9-14)16(24)7-10-19-17(25)26-18(2,3)4/h14H,5-12H2,1-4H3,(H,19,25)(H,20,23). The number of rotatable bonds is 7. The Hall–Kier alpha value is -2.12. The first-order valence-electron chi connectivity index (χ1n) is 9.10. The number of amides is 3. The second kappa shape index (κ2) is 10.1. The minimum absolute atomic E-state index is 0.000516. The summed E-state index contributed by atoms with van der Waals surface area (Å²) in [6, 6.07) is 0.0402. The van der Waals surface area contributed by atoms with Crippen LogP contribution in [0.1, 0.15) is 59.8 Å². The van der Waals surface area contributed by atoms with Gasteiger partial charge in [0.15, 0.2) is 0 Å². The molecule has 0 radical (unpaired) electrons. The fraction of sp³-hybridized carbons (Fsp3) is 0.778. The summed E-state index contributed by atoms with van der Waals surface area (Å²) in [4.78, 5) is 48.1. The quantitative estimate of drug-likeness (QED) is 0.705. The van der Waals surface area contributed by atoms with Gasteiger partial charge in [-0.25, -0.2) is 4.79 Å². The Kier molecular flexibility index (Phi) is 8.54. The van der Waals surface area contributed by atoms with Crippen molar-refractivity contribution in [3.05, 3.63) is 0 Å². The molecule has 1 heterocycles. The maximum absolute atomic E-state index is 12.2. The highest BCUT2D eigenvalue weighted by Gasteiger charge is 2.24. The van der Waals surface area contributed by atoms with Crippen LogP contribution < -0.4 is 10.6 Å². The molecule has 0 aromatic rings. The fourth-order valence-electron chi connectivity index (χ4n) is 2.61. The van der Waals surface area contributed by atoms with Gasteiger partial charge in [0.2, 0.25) is 11.8 Å². The number of nitrogens with zero attached hydrogens (tertiary/aromatic N) is 1. The number of likely N-dealkylation sites (tertiary alicyclic amines) is 1. The van der Waals surface area contributed by atoms with Gasteiger partial charge in [0, 0.05) is 44.9 Å². The number of ketones is 1. The molecule has 1 saturated heterocycles. The van der Waals surface area contributed by atoms with Crippen LogP contribution in [0, 0.1) is 0 Å². The number of hydrogen-bond donors (Lipinski definition) is 2. The normalized spacial score (nSPS) is 15.3. The van der Waals surface area contributed by atoms with E-state index in [-0.39, 0.29) is 49.4 Å². The van der Waals surface area contributed by atoms with Crippen LogP contribution in [0.4, 0.5) is 4.79 Å². The molecular formula is C18H31N3O5. The van der Waals surface area contributed by atoms with E-state index in [1.807, 2.05) is 0 Å². The van der Waals surface area contributed by atoms with Gasteiger partial charge in [0.05, 0.1) is 0 Å². The van der Waals surface area contributed by atoms with Crippen LogP contribution in [-0.4, -0.2) is 59.9 Å². The lowest BCUT2D eigenvalue weighted by Gasteiger charge is -2.32. The highest BCUT2D eigenvalue weighted by molar-refractivity contribution is 5.83. The van der Waals surface area contributed by atoms with Gasteiger partial charge < -0.3 is 25.1 Å². The summed E-state index contributed by atoms with van der Waals surface area (Å²) < 4.78 is 5.11. The van der Waals surface area contributed by atoms with Gasteiger partial charge in [-0.1, -0.05) is 0 Å². The molecule has 8 nitrogen and oxygen atoms in total. The molecule has 148 valence electrons. The van der Waals surface area contributed by atoms with Gasteiger partial charge in [0.1, 0.15) is 11.4 Å². The summed E-state index contributed by atoms with van der Waals surface area (Å²) in [5.74, 6) is -0.144. The molecule has 26 heavy (non-hydrogen) atoms. The number of alkyl carbamates (subject to hydrolysis) is 1. The van der Waals surface area contributed by atoms with Crippen molar-refractivity contribution in [1.29, 1.82) is 0 Å². The summed E-state index contributed by atoms with van der Waals surface area (Å²) in [6.45, 7) is 8.18. The number of nitrogens with one attached hydrogen (secondary N) is 2. The Morgan fingerprint density at radius 3 is 2.19 bits per heavy atom. The largest absolute Gasteiger partial charge is 0.444 e. The van der Waals surface area contributed by atoms with E-state index in [4.69, 9.17) is 4.74 Å². The average Bonchev–Trinajstić information content (AvgIpc) is 2.51. The number of ether oxygens (including phenoxy) is 1. The first-order valence-corrected chi connectivity index (χ1v) is 9.10. The molecule has 0 bridgehead atoms. The maximum Gasteiger partial charge on any atom is 0.407 e. The highest BCUT2D eigenvalue weighted by Crippen LogP contribution is 2.12. The second-order valence-electron chi connectivity index (χ2n) is 7.60. The lowest BCUT2D eigenvalue weighted by atomic mass is 10.0. The third-order valence-corrected chi connectivity index (χ3v) is 3.92. The van der Waals surface area contributed by atoms with E-state index in [0.29, 0.717) is 25.9 Å². The van der Waals surface area contributed by atoms with Gasteiger partial charge in [-0.2, -0.15) is 0 Å². The van der Waals surface area contributed by atoms with Gasteiger partial charge >= 0.3 is 6.09 Å². The third kappa shape index (κ3) is 9.39. The third-order valence-electron chi connectivity index (χ3n) is 3.92. The van der Waals surface area contributed by atoms with Gasteiger partial charge in [-0.3, -0.25) is 9.59 Å². The first kappa shape index (κ1) is 21.9. The van der Waals surface area contributed by atoms with Crippen LogP contribution in [0.3, 0.4) is 0 Å². The van der Waals surface area contributed by atoms with Gasteiger partial charge in [-0.05, 0) is 40.5 Å². The molecule has 3 amide bonds. The molecule has 0 aromatic carbocycles. The Balaban J connectivity index is 2.22. The SMILES string of the molecule is CC(=O)CCC(=O)NC1CCN(C(=O)CCNC(=O)OC(C)(C)C)CC1. The van der Waals surface area contributed by atoms with Crippen molar-refractivity contribution >= 4 is 23.7 Å². The van der Waals surface area contributed by atoms with E-state index in [0.717, 1.165) is 0 Å². The summed E-state index contributed by atoms with van der Waals surface area (Å²) in [5, 5.41) is 5.48. The summed E-state index contributed by atoms with van der Waals surface area (Å²) >= 11 is 0. The van der Waals surface area contributed by atoms with Crippen molar-refractivity contribution in [2.75, 3.05) is 19.6 Å². The van der Waals surface area contributed by atoms with Crippen LogP contribution >= 0.6 is 0 Å². The smallest absolute Gasteiger partial charge is 0.407 e. The molecule has 1 aliphatic rings. The molecule has 2 N–H and O–H groups in total. The molecule has 0 unspecified atom stereocenters. The lowest BCUT2D eigenvalue weighted by molar-refractivity contribution is -0.132. The van der Waals surface area contributed by atoms with Crippen molar-refractivity contribution in [3.8, 4) is 0 Å². The lowest BCUT2D eigenvalue weighted by Crippen LogP contribution is -2.47. The summed E-state index contributed by atoms with van der Waals surface area (Å²) in [7, 11) is 0. The van der Waals surface area contributed by atoms with Crippen LogP contribution in [0.15, 0.2) is 0 Å². The Morgan fingerprint density at radius 2 is 1.65 bits per heavy atom. The van der Waals surface area contributed by atoms with Crippen LogP contribution in [0.2, 0.25) is 0 Å². The van der Waals surface area contributed by atoms with Crippen molar-refractivity contribution in [2.45, 2.75) is 71.4 Å². The molecule has 0 aliphatic carbocycles. The zero-order chi connectivity index (χ0) is 19.7. The Bertz CT molecular complexity index is 519. The summed E-state index contributed by atoms with van der Waals surface area (Å²) in [5.41, 5.74) is -0.565. The van der Waals surface area contributed by atoms with Crippen molar-refractivity contribution < 1.29 is 23.9 Å². The number of carbonyl (C=O) groups is 4. The first-order chi connectivity index (χ1) is 12.1. The van der Waals surface area contributed by atoms with Gasteiger partial charge in [-0.15, -0.1) is 0 Å². The molecule has 8 heteroatoms. The molecule has 0 aromatic heterocycles. The number of piperidine rings is 1. The molecule has 0 saturated carbocycles. The van der Waals surface area contributed by atoms with E-state index in [9.17, 15) is 19.2 Å². The second-order valence-corrected chi connectivity index (χ2v) is 7.60. The van der Waals surface area contributed by atoms with Gasteiger partial charge in [0.25, 0.3) is 0 Å². The van der Waals surface area contributed by atoms with E-state index < -0.39 is 11.7 Å². The monoisotopic (exact) mass is 369 g/mol. The minimum Gasteiger partial charge on any atom is -0.444 e. The van der Waals surface area contributed by atoms with E-state index in [1.54, 1.807) is 25.7 Å². The van der Waals surface area contributed by atoms with Crippen molar-refractivity contribution in [3.63, 3.8) is 0 Å². The predicted molar refractivity (Wildman–Crippen MR) is 96.5 cm³/mol. The Labute approximate surface area is 155 Å². The van der Waals surface area contributed by atoms with E-state index in [2.05, 4.69) is 10.6 Å². The van der Waals surface area contributed by atoms with E-state index in [1.165, 1.54) is 6.92 Å². The minimum atomic E-state index is -0.565. The van der Waals surface area contributed by atoms with E-state index >= 15 is 0 Å². The molecular weight excluding hydrogens is 338 g/mol. The zero-order valence-corrected chi connectivity index (χ0v) is 16.2. The Morgan fingerprint density at radius 1 is 1.04 bits per heavy atom. The van der Waals surface area contributed by atoms with Crippen molar-refractivity contribution in [1.82, 2.24) is 15.5 Å². The highest BCUT2D eigenvalue weighted by atomic mass is 16.6. The topological polar surface area (TPSA) is 105 Å². The molecule has 0 spiro atoms. The average molecular weight is 369 g/mol. The van der Waals surface area contributed by atoms with Crippen molar-refractivity contribution in [2.24, 2.45) is 0 Å². The van der Waals surface area contributed by atoms with Crippen LogP contribution in [0.25, 0.3) is 0 Å². The number of carbonyl (C=O) groups excluding carboxylic acids is 4. The fourth-order valence-corrected chi connectivity index (χ4v) is 2.61. The molecule has 1 rings (SSSR count). The molecule has 0 atom stereocenters. The number of hydrogen-bond acceptors (Lipinski definition) is 5.